The van der Waals surface area contributed by atoms with Crippen LogP contribution in [0.3, 0.4) is 0 Å². The predicted molar refractivity (Wildman–Crippen MR) is 78.1 cm³/mol. The van der Waals surface area contributed by atoms with Gasteiger partial charge in [-0.2, -0.15) is 0 Å². The Morgan fingerprint density at radius 2 is 1.91 bits per heavy atom. The molecule has 1 aliphatic heterocycles. The fraction of sp³-hybridized carbons (Fsp3) is 0.357. The van der Waals surface area contributed by atoms with Crippen LogP contribution in [0.15, 0.2) is 27.8 Å². The summed E-state index contributed by atoms with van der Waals surface area (Å²) in [5, 5.41) is 8.01. The van der Waals surface area contributed by atoms with Gasteiger partial charge in [-0.1, -0.05) is 0 Å². The molecule has 2 heterocycles. The van der Waals surface area contributed by atoms with Crippen LogP contribution >= 0.6 is 11.8 Å². The van der Waals surface area contributed by atoms with E-state index in [1.807, 2.05) is 0 Å². The molecule has 0 radical (unpaired) electrons. The zero-order valence-corrected chi connectivity index (χ0v) is 12.9. The summed E-state index contributed by atoms with van der Waals surface area (Å²) >= 11 is 1.22. The minimum absolute atomic E-state index is 0.243. The van der Waals surface area contributed by atoms with E-state index in [1.165, 1.54) is 11.8 Å². The third-order valence-corrected chi connectivity index (χ3v) is 4.21. The molecule has 2 aromatic rings. The molecule has 1 aliphatic rings. The summed E-state index contributed by atoms with van der Waals surface area (Å²) in [5.74, 6) is 1.35. The van der Waals surface area contributed by atoms with Crippen LogP contribution in [0.5, 0.6) is 11.5 Å². The first-order valence-corrected chi connectivity index (χ1v) is 7.48. The van der Waals surface area contributed by atoms with Crippen molar-refractivity contribution in [1.29, 1.82) is 0 Å². The second-order valence-corrected chi connectivity index (χ2v) is 5.69. The number of nitrogens with zero attached hydrogens (tertiary/aromatic N) is 2. The Morgan fingerprint density at radius 1 is 1.18 bits per heavy atom. The molecule has 116 valence electrons. The van der Waals surface area contributed by atoms with Gasteiger partial charge in [0.15, 0.2) is 0 Å². The third kappa shape index (κ3) is 3.01. The molecule has 7 nitrogen and oxygen atoms in total. The van der Waals surface area contributed by atoms with Crippen LogP contribution in [-0.2, 0) is 9.53 Å². The van der Waals surface area contributed by atoms with E-state index < -0.39 is 0 Å². The highest BCUT2D eigenvalue weighted by molar-refractivity contribution is 8.00. The quantitative estimate of drug-likeness (QED) is 0.774. The van der Waals surface area contributed by atoms with Crippen molar-refractivity contribution in [1.82, 2.24) is 10.2 Å². The standard InChI is InChI=1S/C14H14N2O5S/c1-18-9-5-8(6-10(7-9)19-2)12-15-16-14(21-12)22-11-3-4-20-13(11)17/h5-7,11H,3-4H2,1-2H3. The van der Waals surface area contributed by atoms with Gasteiger partial charge in [-0.15, -0.1) is 10.2 Å². The van der Waals surface area contributed by atoms with E-state index in [1.54, 1.807) is 32.4 Å². The van der Waals surface area contributed by atoms with Gasteiger partial charge in [0.2, 0.25) is 5.89 Å². The maximum absolute atomic E-state index is 11.5. The highest BCUT2D eigenvalue weighted by atomic mass is 32.2. The van der Waals surface area contributed by atoms with Gasteiger partial charge >= 0.3 is 5.97 Å². The summed E-state index contributed by atoms with van der Waals surface area (Å²) < 4.78 is 20.9. The van der Waals surface area contributed by atoms with Crippen molar-refractivity contribution < 1.29 is 23.4 Å². The van der Waals surface area contributed by atoms with Crippen LogP contribution in [0.4, 0.5) is 0 Å². The number of esters is 1. The number of methoxy groups -OCH3 is 2. The largest absolute Gasteiger partial charge is 0.497 e. The molecule has 0 N–H and O–H groups in total. The number of carbonyl (C=O) groups is 1. The first kappa shape index (κ1) is 14.7. The lowest BCUT2D eigenvalue weighted by atomic mass is 10.2. The molecule has 1 unspecified atom stereocenters. The van der Waals surface area contributed by atoms with Gasteiger partial charge < -0.3 is 18.6 Å². The molecule has 22 heavy (non-hydrogen) atoms. The highest BCUT2D eigenvalue weighted by Crippen LogP contribution is 2.33. The molecule has 1 fully saturated rings. The average Bonchev–Trinajstić information content (AvgIpc) is 3.17. The number of hydrogen-bond acceptors (Lipinski definition) is 8. The molecular weight excluding hydrogens is 308 g/mol. The minimum Gasteiger partial charge on any atom is -0.497 e. The lowest BCUT2D eigenvalue weighted by Crippen LogP contribution is -2.09. The topological polar surface area (TPSA) is 83.7 Å². The normalized spacial score (nSPS) is 17.4. The molecule has 1 aromatic carbocycles. The summed E-state index contributed by atoms with van der Waals surface area (Å²) in [6.07, 6.45) is 0.647. The number of aromatic nitrogens is 2. The van der Waals surface area contributed by atoms with Crippen molar-refractivity contribution in [3.05, 3.63) is 18.2 Å². The molecular formula is C14H14N2O5S. The molecule has 0 aliphatic carbocycles. The summed E-state index contributed by atoms with van der Waals surface area (Å²) in [5.41, 5.74) is 0.685. The van der Waals surface area contributed by atoms with Crippen LogP contribution in [0.2, 0.25) is 0 Å². The van der Waals surface area contributed by atoms with E-state index in [0.29, 0.717) is 41.2 Å². The highest BCUT2D eigenvalue weighted by Gasteiger charge is 2.29. The Bertz CT molecular complexity index is 665. The fourth-order valence-corrected chi connectivity index (χ4v) is 2.85. The van der Waals surface area contributed by atoms with E-state index in [4.69, 9.17) is 18.6 Å². The zero-order chi connectivity index (χ0) is 15.5. The second-order valence-electron chi connectivity index (χ2n) is 4.54. The number of hydrogen-bond donors (Lipinski definition) is 0. The van der Waals surface area contributed by atoms with Crippen molar-refractivity contribution in [2.75, 3.05) is 20.8 Å². The predicted octanol–water partition coefficient (Wildman–Crippen LogP) is 2.16. The lowest BCUT2D eigenvalue weighted by molar-refractivity contribution is -0.137. The third-order valence-electron chi connectivity index (χ3n) is 3.14. The number of ether oxygens (including phenoxy) is 3. The van der Waals surface area contributed by atoms with Crippen LogP contribution in [0, 0.1) is 0 Å². The van der Waals surface area contributed by atoms with Gasteiger partial charge in [0.1, 0.15) is 16.7 Å². The molecule has 3 rings (SSSR count). The fourth-order valence-electron chi connectivity index (χ4n) is 2.01. The van der Waals surface area contributed by atoms with E-state index in [0.717, 1.165) is 0 Å². The summed E-state index contributed by atoms with van der Waals surface area (Å²) in [6.45, 7) is 0.435. The van der Waals surface area contributed by atoms with E-state index >= 15 is 0 Å². The number of cyclic esters (lactones) is 1. The van der Waals surface area contributed by atoms with E-state index in [-0.39, 0.29) is 11.2 Å². The van der Waals surface area contributed by atoms with E-state index in [2.05, 4.69) is 10.2 Å². The Labute approximate surface area is 130 Å². The lowest BCUT2D eigenvalue weighted by Gasteiger charge is -2.05. The molecule has 1 atom stereocenters. The smallest absolute Gasteiger partial charge is 0.319 e. The Morgan fingerprint density at radius 3 is 2.50 bits per heavy atom. The maximum atomic E-state index is 11.5. The first-order valence-electron chi connectivity index (χ1n) is 6.60. The number of carbonyl (C=O) groups excluding carboxylic acids is 1. The SMILES string of the molecule is COc1cc(OC)cc(-c2nnc(SC3CCOC3=O)o2)c1. The van der Waals surface area contributed by atoms with Crippen molar-refractivity contribution in [3.63, 3.8) is 0 Å². The molecule has 0 amide bonds. The minimum atomic E-state index is -0.284. The second kappa shape index (κ2) is 6.27. The molecule has 0 bridgehead atoms. The van der Waals surface area contributed by atoms with Gasteiger partial charge in [0, 0.05) is 18.1 Å². The summed E-state index contributed by atoms with van der Waals surface area (Å²) in [4.78, 5) is 11.5. The van der Waals surface area contributed by atoms with Crippen LogP contribution in [-0.4, -0.2) is 42.2 Å². The molecule has 0 spiro atoms. The van der Waals surface area contributed by atoms with Crippen molar-refractivity contribution in [2.45, 2.75) is 16.9 Å². The first-order chi connectivity index (χ1) is 10.7. The molecule has 1 saturated heterocycles. The number of rotatable bonds is 5. The van der Waals surface area contributed by atoms with E-state index in [9.17, 15) is 4.79 Å². The zero-order valence-electron chi connectivity index (χ0n) is 12.1. The van der Waals surface area contributed by atoms with Crippen LogP contribution in [0.25, 0.3) is 11.5 Å². The Balaban J connectivity index is 1.82. The van der Waals surface area contributed by atoms with Gasteiger partial charge in [-0.25, -0.2) is 0 Å². The Kier molecular flexibility index (Phi) is 4.19. The number of thioether (sulfide) groups is 1. The summed E-state index contributed by atoms with van der Waals surface area (Å²) in [7, 11) is 3.14. The van der Waals surface area contributed by atoms with Gasteiger partial charge in [0.05, 0.1) is 20.8 Å². The van der Waals surface area contributed by atoms with Gasteiger partial charge in [-0.3, -0.25) is 4.79 Å². The molecule has 8 heteroatoms. The summed E-state index contributed by atoms with van der Waals surface area (Å²) in [6, 6.07) is 5.30. The average molecular weight is 322 g/mol. The maximum Gasteiger partial charge on any atom is 0.319 e. The number of benzene rings is 1. The Hall–Kier alpha value is -2.22. The van der Waals surface area contributed by atoms with Crippen LogP contribution < -0.4 is 9.47 Å². The van der Waals surface area contributed by atoms with Crippen molar-refractivity contribution in [3.8, 4) is 23.0 Å². The molecule has 1 aromatic heterocycles. The van der Waals surface area contributed by atoms with Crippen molar-refractivity contribution >= 4 is 17.7 Å². The van der Waals surface area contributed by atoms with Crippen LogP contribution in [0.1, 0.15) is 6.42 Å². The van der Waals surface area contributed by atoms with Gasteiger partial charge in [0.25, 0.3) is 5.22 Å². The monoisotopic (exact) mass is 322 g/mol. The molecule has 0 saturated carbocycles. The van der Waals surface area contributed by atoms with Crippen molar-refractivity contribution in [2.24, 2.45) is 0 Å². The van der Waals surface area contributed by atoms with Gasteiger partial charge in [-0.05, 0) is 23.9 Å².